The molecule has 0 aromatic heterocycles. The quantitative estimate of drug-likeness (QED) is 0.488. The molecule has 0 saturated carbocycles. The molecule has 0 aliphatic carbocycles. The summed E-state index contributed by atoms with van der Waals surface area (Å²) in [6.45, 7) is 1.75. The number of rotatable bonds is 5. The highest BCUT2D eigenvalue weighted by molar-refractivity contribution is 4.94. The first-order valence-electron chi connectivity index (χ1n) is 4.88. The van der Waals surface area contributed by atoms with Gasteiger partial charge in [0, 0.05) is 0 Å². The molecule has 0 aliphatic rings. The second-order valence-corrected chi connectivity index (χ2v) is 3.61. The third kappa shape index (κ3) is 3.52. The van der Waals surface area contributed by atoms with Crippen LogP contribution in [0.3, 0.4) is 0 Å². The van der Waals surface area contributed by atoms with E-state index in [2.05, 4.69) is 0 Å². The van der Waals surface area contributed by atoms with E-state index < -0.39 is 30.9 Å². The van der Waals surface area contributed by atoms with Crippen LogP contribution < -0.4 is 0 Å². The Bertz CT molecular complexity index is 189. The van der Waals surface area contributed by atoms with E-state index in [1.807, 2.05) is 0 Å². The molecule has 0 radical (unpaired) electrons. The van der Waals surface area contributed by atoms with E-state index in [9.17, 15) is 30.7 Å². The minimum absolute atomic E-state index is 0.161. The van der Waals surface area contributed by atoms with E-state index in [1.165, 1.54) is 0 Å². The predicted molar refractivity (Wildman–Crippen MR) is 44.7 cm³/mol. The largest absolute Gasteiger partial charge is 0.431 e. The Labute approximate surface area is 88.8 Å². The van der Waals surface area contributed by atoms with Gasteiger partial charge in [-0.3, -0.25) is 0 Å². The van der Waals surface area contributed by atoms with Gasteiger partial charge in [0.25, 0.3) is 5.67 Å². The Morgan fingerprint density at radius 2 is 1.12 bits per heavy atom. The summed E-state index contributed by atoms with van der Waals surface area (Å²) in [4.78, 5) is 0. The van der Waals surface area contributed by atoms with Gasteiger partial charge in [0.1, 0.15) is 0 Å². The lowest BCUT2D eigenvalue weighted by Crippen LogP contribution is -2.53. The summed E-state index contributed by atoms with van der Waals surface area (Å²) >= 11 is 0. The summed E-state index contributed by atoms with van der Waals surface area (Å²) in [5.41, 5.74) is -5.08. The molecule has 7 heteroatoms. The van der Waals surface area contributed by atoms with Crippen LogP contribution in [0.15, 0.2) is 0 Å². The molecule has 0 aromatic rings. The summed E-state index contributed by atoms with van der Waals surface area (Å²) < 4.78 is 85.1. The molecule has 0 aliphatic heterocycles. The van der Waals surface area contributed by atoms with Crippen molar-refractivity contribution in [2.75, 3.05) is 0 Å². The van der Waals surface area contributed by atoms with E-state index in [0.29, 0.717) is 12.8 Å². The third-order valence-electron chi connectivity index (χ3n) is 2.27. The lowest BCUT2D eigenvalue weighted by Gasteiger charge is -2.29. The van der Waals surface area contributed by atoms with Crippen LogP contribution >= 0.6 is 0 Å². The van der Waals surface area contributed by atoms with Gasteiger partial charge in [-0.15, -0.1) is 0 Å². The second kappa shape index (κ2) is 5.23. The summed E-state index contributed by atoms with van der Waals surface area (Å²) in [5.74, 6) is 0. The zero-order valence-electron chi connectivity index (χ0n) is 8.68. The fourth-order valence-corrected chi connectivity index (χ4v) is 1.24. The van der Waals surface area contributed by atoms with Gasteiger partial charge in [-0.05, 0) is 12.8 Å². The summed E-state index contributed by atoms with van der Waals surface area (Å²) in [5, 5.41) is 0. The Morgan fingerprint density at radius 1 is 0.688 bits per heavy atom. The van der Waals surface area contributed by atoms with Gasteiger partial charge in [0.2, 0.25) is 0 Å². The van der Waals surface area contributed by atoms with E-state index >= 15 is 0 Å². The molecule has 0 saturated heterocycles. The maximum absolute atomic E-state index is 13.0. The van der Waals surface area contributed by atoms with Crippen molar-refractivity contribution in [1.29, 1.82) is 0 Å². The van der Waals surface area contributed by atoms with E-state index in [0.717, 1.165) is 0 Å². The molecule has 0 N–H and O–H groups in total. The SMILES string of the molecule is CCCCCCC(F)(C(F)(F)F)C(F)(F)F. The highest BCUT2D eigenvalue weighted by Crippen LogP contribution is 2.49. The van der Waals surface area contributed by atoms with Gasteiger partial charge in [-0.1, -0.05) is 26.2 Å². The van der Waals surface area contributed by atoms with Crippen LogP contribution in [0.5, 0.6) is 0 Å². The smallest absolute Gasteiger partial charge is 0.224 e. The first-order chi connectivity index (χ1) is 7.06. The van der Waals surface area contributed by atoms with E-state index in [-0.39, 0.29) is 6.42 Å². The first kappa shape index (κ1) is 15.5. The molecule has 16 heavy (non-hydrogen) atoms. The fraction of sp³-hybridized carbons (Fsp3) is 1.00. The molecular weight excluding hydrogens is 241 g/mol. The number of halogens is 7. The van der Waals surface area contributed by atoms with Crippen molar-refractivity contribution in [1.82, 2.24) is 0 Å². The second-order valence-electron chi connectivity index (χ2n) is 3.61. The van der Waals surface area contributed by atoms with Crippen molar-refractivity contribution in [3.8, 4) is 0 Å². The number of hydrogen-bond acceptors (Lipinski definition) is 0. The van der Waals surface area contributed by atoms with Crippen molar-refractivity contribution in [3.05, 3.63) is 0 Å². The number of unbranched alkanes of at least 4 members (excludes halogenated alkanes) is 3. The predicted octanol–water partition coefficient (Wildman–Crippen LogP) is 4.79. The summed E-state index contributed by atoms with van der Waals surface area (Å²) in [7, 11) is 0. The number of hydrogen-bond donors (Lipinski definition) is 0. The molecule has 0 fully saturated rings. The van der Waals surface area contributed by atoms with E-state index in [1.54, 1.807) is 6.92 Å². The fourth-order valence-electron chi connectivity index (χ4n) is 1.24. The van der Waals surface area contributed by atoms with Crippen LogP contribution in [-0.4, -0.2) is 18.0 Å². The Kier molecular flexibility index (Phi) is 5.07. The van der Waals surface area contributed by atoms with Crippen molar-refractivity contribution in [3.63, 3.8) is 0 Å². The van der Waals surface area contributed by atoms with Crippen molar-refractivity contribution in [2.45, 2.75) is 57.0 Å². The van der Waals surface area contributed by atoms with Crippen molar-refractivity contribution in [2.24, 2.45) is 0 Å². The molecule has 98 valence electrons. The molecule has 0 atom stereocenters. The zero-order valence-corrected chi connectivity index (χ0v) is 8.68. The van der Waals surface area contributed by atoms with Crippen LogP contribution in [0.4, 0.5) is 30.7 Å². The normalized spacial score (nSPS) is 14.2. The number of alkyl halides is 7. The molecular formula is C9H13F7. The van der Waals surface area contributed by atoms with Gasteiger partial charge in [-0.25, -0.2) is 4.39 Å². The molecule has 0 spiro atoms. The summed E-state index contributed by atoms with van der Waals surface area (Å²) in [6.07, 6.45) is -12.5. The van der Waals surface area contributed by atoms with E-state index in [4.69, 9.17) is 0 Å². The van der Waals surface area contributed by atoms with Crippen molar-refractivity contribution < 1.29 is 30.7 Å². The Balaban J connectivity index is 4.59. The lowest BCUT2D eigenvalue weighted by atomic mass is 9.96. The maximum atomic E-state index is 13.0. The molecule has 0 aromatic carbocycles. The molecule has 0 bridgehead atoms. The topological polar surface area (TPSA) is 0 Å². The van der Waals surface area contributed by atoms with Crippen molar-refractivity contribution >= 4 is 0 Å². The van der Waals surface area contributed by atoms with Crippen LogP contribution in [0, 0.1) is 0 Å². The third-order valence-corrected chi connectivity index (χ3v) is 2.27. The molecule has 0 nitrogen and oxygen atoms in total. The first-order valence-corrected chi connectivity index (χ1v) is 4.88. The molecule has 0 unspecified atom stereocenters. The molecule has 0 heterocycles. The highest BCUT2D eigenvalue weighted by atomic mass is 19.4. The highest BCUT2D eigenvalue weighted by Gasteiger charge is 2.71. The van der Waals surface area contributed by atoms with Gasteiger partial charge < -0.3 is 0 Å². The zero-order chi connectivity index (χ0) is 13.0. The van der Waals surface area contributed by atoms with Crippen LogP contribution in [-0.2, 0) is 0 Å². The molecule has 0 rings (SSSR count). The lowest BCUT2D eigenvalue weighted by molar-refractivity contribution is -0.343. The minimum Gasteiger partial charge on any atom is -0.224 e. The average Bonchev–Trinajstić information content (AvgIpc) is 2.08. The van der Waals surface area contributed by atoms with Crippen LogP contribution in [0.2, 0.25) is 0 Å². The molecule has 0 amide bonds. The van der Waals surface area contributed by atoms with Crippen LogP contribution in [0.25, 0.3) is 0 Å². The summed E-state index contributed by atoms with van der Waals surface area (Å²) in [6, 6.07) is 0. The Hall–Kier alpha value is -0.490. The van der Waals surface area contributed by atoms with Crippen LogP contribution in [0.1, 0.15) is 39.0 Å². The average molecular weight is 254 g/mol. The standard InChI is InChI=1S/C9H13F7/c1-2-3-4-5-6-7(10,8(11,12)13)9(14,15)16/h2-6H2,1H3. The minimum atomic E-state index is -5.91. The van der Waals surface area contributed by atoms with Gasteiger partial charge in [-0.2, -0.15) is 26.3 Å². The van der Waals surface area contributed by atoms with Gasteiger partial charge in [0.05, 0.1) is 0 Å². The maximum Gasteiger partial charge on any atom is 0.431 e. The monoisotopic (exact) mass is 254 g/mol. The van der Waals surface area contributed by atoms with Gasteiger partial charge in [0.15, 0.2) is 0 Å². The van der Waals surface area contributed by atoms with Gasteiger partial charge >= 0.3 is 12.4 Å². The Morgan fingerprint density at radius 3 is 1.44 bits per heavy atom.